The van der Waals surface area contributed by atoms with Crippen LogP contribution in [0.3, 0.4) is 0 Å². The molecule has 15 heavy (non-hydrogen) atoms. The molecule has 0 unspecified atom stereocenters. The van der Waals surface area contributed by atoms with E-state index in [1.54, 1.807) is 0 Å². The molecule has 1 heterocycles. The highest BCUT2D eigenvalue weighted by molar-refractivity contribution is 8.13. The molecule has 0 aliphatic carbocycles. The molecule has 0 bridgehead atoms. The van der Waals surface area contributed by atoms with Gasteiger partial charge >= 0.3 is 0 Å². The molecule has 0 saturated carbocycles. The molecule has 0 N–H and O–H groups in total. The fourth-order valence-electron chi connectivity index (χ4n) is 1.05. The van der Waals surface area contributed by atoms with Gasteiger partial charge in [0, 0.05) is 16.9 Å². The zero-order chi connectivity index (χ0) is 11.8. The van der Waals surface area contributed by atoms with E-state index in [0.29, 0.717) is 0 Å². The van der Waals surface area contributed by atoms with Crippen LogP contribution in [0.1, 0.15) is 17.7 Å². The molecule has 0 amide bonds. The molecule has 0 spiro atoms. The largest absolute Gasteiger partial charge is 0.281 e. The minimum Gasteiger partial charge on any atom is -0.252 e. The van der Waals surface area contributed by atoms with Crippen LogP contribution >= 0.6 is 22.3 Å². The molecular formula is C7H5Cl2F2NO2S. The number of aromatic nitrogens is 1. The summed E-state index contributed by atoms with van der Waals surface area (Å²) in [7, 11) is 0.739. The van der Waals surface area contributed by atoms with Crippen LogP contribution < -0.4 is 0 Å². The van der Waals surface area contributed by atoms with Crippen molar-refractivity contribution in [2.24, 2.45) is 0 Å². The van der Waals surface area contributed by atoms with Crippen molar-refractivity contribution < 1.29 is 17.2 Å². The average molecular weight is 276 g/mol. The maximum absolute atomic E-state index is 12.4. The number of nitrogens with zero attached hydrogens (tertiary/aromatic N) is 1. The highest BCUT2D eigenvalue weighted by Crippen LogP contribution is 2.32. The lowest BCUT2D eigenvalue weighted by atomic mass is 10.2. The van der Waals surface area contributed by atoms with Gasteiger partial charge in [-0.25, -0.2) is 17.2 Å². The molecule has 0 saturated heterocycles. The molecule has 0 atom stereocenters. The summed E-state index contributed by atoms with van der Waals surface area (Å²) >= 11 is 5.57. The van der Waals surface area contributed by atoms with Crippen molar-refractivity contribution in [2.45, 2.75) is 18.2 Å². The Balaban J connectivity index is 3.65. The van der Waals surface area contributed by atoms with E-state index in [-0.39, 0.29) is 10.6 Å². The summed E-state index contributed by atoms with van der Waals surface area (Å²) in [4.78, 5) is 2.54. The van der Waals surface area contributed by atoms with Gasteiger partial charge in [0.05, 0.1) is 5.02 Å². The zero-order valence-corrected chi connectivity index (χ0v) is 9.67. The number of rotatable bonds is 2. The van der Waals surface area contributed by atoms with Crippen molar-refractivity contribution in [1.29, 1.82) is 0 Å². The first kappa shape index (κ1) is 12.6. The summed E-state index contributed by atoms with van der Waals surface area (Å²) in [6.07, 6.45) is -2.06. The maximum Gasteiger partial charge on any atom is 0.281 e. The zero-order valence-electron chi connectivity index (χ0n) is 7.34. The van der Waals surface area contributed by atoms with Crippen LogP contribution in [-0.4, -0.2) is 13.4 Å². The molecule has 0 fully saturated rings. The quantitative estimate of drug-likeness (QED) is 0.780. The molecular weight excluding hydrogens is 271 g/mol. The normalized spacial score (nSPS) is 12.1. The van der Waals surface area contributed by atoms with Crippen molar-refractivity contribution in [3.63, 3.8) is 0 Å². The Bertz CT molecular complexity index is 490. The number of pyridine rings is 1. The molecule has 0 radical (unpaired) electrons. The molecule has 0 aliphatic rings. The minimum absolute atomic E-state index is 0.0291. The number of hydrogen-bond acceptors (Lipinski definition) is 3. The second kappa shape index (κ2) is 4.19. The molecule has 8 heteroatoms. The Morgan fingerprint density at radius 1 is 1.47 bits per heavy atom. The van der Waals surface area contributed by atoms with Gasteiger partial charge in [-0.1, -0.05) is 11.6 Å². The lowest BCUT2D eigenvalue weighted by Crippen LogP contribution is -2.05. The van der Waals surface area contributed by atoms with Crippen LogP contribution in [0.5, 0.6) is 0 Å². The lowest BCUT2D eigenvalue weighted by Gasteiger charge is -2.08. The van der Waals surface area contributed by atoms with Crippen LogP contribution in [0.4, 0.5) is 8.78 Å². The second-order valence-electron chi connectivity index (χ2n) is 2.68. The monoisotopic (exact) mass is 275 g/mol. The summed E-state index contributed by atoms with van der Waals surface area (Å²) in [5, 5.41) is -0.0291. The molecule has 84 valence electrons. The third-order valence-corrected chi connectivity index (χ3v) is 3.55. The summed E-state index contributed by atoms with van der Waals surface area (Å²) in [6, 6.07) is 0. The predicted octanol–water partition coefficient (Wildman–Crippen LogP) is 2.91. The number of halogens is 4. The van der Waals surface area contributed by atoms with Crippen molar-refractivity contribution in [1.82, 2.24) is 4.98 Å². The van der Waals surface area contributed by atoms with Crippen molar-refractivity contribution in [3.05, 3.63) is 22.5 Å². The van der Waals surface area contributed by atoms with Crippen molar-refractivity contribution in [3.8, 4) is 0 Å². The predicted molar refractivity (Wildman–Crippen MR) is 52.0 cm³/mol. The smallest absolute Gasteiger partial charge is 0.252 e. The van der Waals surface area contributed by atoms with Gasteiger partial charge in [0.15, 0.2) is 0 Å². The van der Waals surface area contributed by atoms with Gasteiger partial charge in [0.2, 0.25) is 0 Å². The van der Waals surface area contributed by atoms with Crippen LogP contribution in [0.2, 0.25) is 5.02 Å². The molecule has 1 aromatic rings. The topological polar surface area (TPSA) is 47.0 Å². The van der Waals surface area contributed by atoms with Crippen LogP contribution in [0.25, 0.3) is 0 Å². The van der Waals surface area contributed by atoms with Gasteiger partial charge in [-0.3, -0.25) is 4.98 Å². The third-order valence-electron chi connectivity index (χ3n) is 1.70. The van der Waals surface area contributed by atoms with E-state index in [0.717, 1.165) is 6.20 Å². The second-order valence-corrected chi connectivity index (χ2v) is 5.59. The standard InChI is InChI=1S/C7H5Cl2F2NO2S/c1-3-4(8)2-12-5(7(10)11)6(3)15(9,13)14/h2,7H,1H3. The fourth-order valence-corrected chi connectivity index (χ4v) is 2.70. The average Bonchev–Trinajstić information content (AvgIpc) is 2.06. The molecule has 0 aliphatic heterocycles. The Morgan fingerprint density at radius 2 is 2.00 bits per heavy atom. The Morgan fingerprint density at radius 3 is 2.40 bits per heavy atom. The number of alkyl halides is 2. The fraction of sp³-hybridized carbons (Fsp3) is 0.286. The minimum atomic E-state index is -4.29. The van der Waals surface area contributed by atoms with E-state index in [1.807, 2.05) is 0 Å². The highest BCUT2D eigenvalue weighted by atomic mass is 35.7. The van der Waals surface area contributed by atoms with Crippen molar-refractivity contribution >= 4 is 31.3 Å². The van der Waals surface area contributed by atoms with Crippen molar-refractivity contribution in [2.75, 3.05) is 0 Å². The first-order valence-corrected chi connectivity index (χ1v) is 6.31. The van der Waals surface area contributed by atoms with E-state index < -0.39 is 26.1 Å². The van der Waals surface area contributed by atoms with Gasteiger partial charge in [0.25, 0.3) is 15.5 Å². The summed E-state index contributed by atoms with van der Waals surface area (Å²) in [5.41, 5.74) is -0.913. The first-order chi connectivity index (χ1) is 6.75. The third kappa shape index (κ3) is 2.56. The molecule has 3 nitrogen and oxygen atoms in total. The Kier molecular flexibility index (Phi) is 3.52. The van der Waals surface area contributed by atoms with Gasteiger partial charge in [-0.2, -0.15) is 0 Å². The Labute approximate surface area is 94.4 Å². The molecule has 1 rings (SSSR count). The Hall–Kier alpha value is -0.460. The van der Waals surface area contributed by atoms with Gasteiger partial charge in [-0.05, 0) is 12.5 Å². The first-order valence-electron chi connectivity index (χ1n) is 3.63. The molecule has 1 aromatic heterocycles. The van der Waals surface area contributed by atoms with Crippen LogP contribution in [-0.2, 0) is 9.05 Å². The van der Waals surface area contributed by atoms with E-state index >= 15 is 0 Å². The SMILES string of the molecule is Cc1c(Cl)cnc(C(F)F)c1S(=O)(=O)Cl. The van der Waals surface area contributed by atoms with E-state index in [1.165, 1.54) is 6.92 Å². The molecule has 0 aromatic carbocycles. The lowest BCUT2D eigenvalue weighted by molar-refractivity contribution is 0.142. The van der Waals surface area contributed by atoms with E-state index in [9.17, 15) is 17.2 Å². The summed E-state index contributed by atoms with van der Waals surface area (Å²) in [5.74, 6) is 0. The van der Waals surface area contributed by atoms with E-state index in [4.69, 9.17) is 22.3 Å². The van der Waals surface area contributed by atoms with Gasteiger partial charge in [0.1, 0.15) is 10.6 Å². The summed E-state index contributed by atoms with van der Waals surface area (Å²) < 4.78 is 47.0. The van der Waals surface area contributed by atoms with Crippen LogP contribution in [0, 0.1) is 6.92 Å². The van der Waals surface area contributed by atoms with Gasteiger partial charge in [-0.15, -0.1) is 0 Å². The highest BCUT2D eigenvalue weighted by Gasteiger charge is 2.26. The van der Waals surface area contributed by atoms with E-state index in [2.05, 4.69) is 4.98 Å². The maximum atomic E-state index is 12.4. The van der Waals surface area contributed by atoms with Crippen LogP contribution in [0.15, 0.2) is 11.1 Å². The summed E-state index contributed by atoms with van der Waals surface area (Å²) in [6.45, 7) is 1.28. The number of hydrogen-bond donors (Lipinski definition) is 0. The van der Waals surface area contributed by atoms with Gasteiger partial charge < -0.3 is 0 Å².